The van der Waals surface area contributed by atoms with Gasteiger partial charge in [0, 0.05) is 24.7 Å². The molecule has 0 atom stereocenters. The van der Waals surface area contributed by atoms with Gasteiger partial charge in [0.05, 0.1) is 5.75 Å². The second kappa shape index (κ2) is 7.59. The minimum atomic E-state index is -3.24. The van der Waals surface area contributed by atoms with Crippen LogP contribution in [0.1, 0.15) is 30.3 Å². The number of hydrogen-bond donors (Lipinski definition) is 1. The summed E-state index contributed by atoms with van der Waals surface area (Å²) in [5.74, 6) is 0.203. The lowest BCUT2D eigenvalue weighted by Gasteiger charge is -2.31. The summed E-state index contributed by atoms with van der Waals surface area (Å²) in [6, 6.07) is 9.00. The third kappa shape index (κ3) is 4.31. The molecule has 8 heteroatoms. The summed E-state index contributed by atoms with van der Waals surface area (Å²) in [7, 11) is -3.24. The first-order valence-corrected chi connectivity index (χ1v) is 10.2. The normalized spacial score (nSPS) is 16.0. The van der Waals surface area contributed by atoms with Gasteiger partial charge in [0.2, 0.25) is 10.0 Å². The smallest absolute Gasteiger partial charge is 0.289 e. The molecule has 6 nitrogen and oxygen atoms in total. The number of carbonyl (C=O) groups is 1. The van der Waals surface area contributed by atoms with Crippen molar-refractivity contribution in [1.82, 2.24) is 9.62 Å². The van der Waals surface area contributed by atoms with Gasteiger partial charge in [-0.05, 0) is 56.2 Å². The van der Waals surface area contributed by atoms with Crippen LogP contribution in [0.15, 0.2) is 40.8 Å². The molecule has 0 saturated carbocycles. The Bertz CT molecular complexity index is 869. The van der Waals surface area contributed by atoms with Crippen molar-refractivity contribution >= 4 is 15.9 Å². The summed E-state index contributed by atoms with van der Waals surface area (Å²) < 4.78 is 44.5. The molecule has 140 valence electrons. The number of carbonyl (C=O) groups excluding carboxylic acids is 1. The average Bonchev–Trinajstić information content (AvgIpc) is 3.12. The summed E-state index contributed by atoms with van der Waals surface area (Å²) in [5, 5.41) is 0. The number of hydrogen-bond acceptors (Lipinski definition) is 4. The molecule has 1 fully saturated rings. The third-order valence-corrected chi connectivity index (χ3v) is 5.91. The zero-order chi connectivity index (χ0) is 18.7. The molecule has 0 spiro atoms. The Hall–Kier alpha value is -2.19. The van der Waals surface area contributed by atoms with Gasteiger partial charge < -0.3 is 9.32 Å². The van der Waals surface area contributed by atoms with Crippen LogP contribution in [0, 0.1) is 5.82 Å². The van der Waals surface area contributed by atoms with Gasteiger partial charge in [-0.2, -0.15) is 0 Å². The lowest BCUT2D eigenvalue weighted by molar-refractivity contribution is 0.0680. The van der Waals surface area contributed by atoms with E-state index in [2.05, 4.69) is 4.72 Å². The molecule has 1 aromatic carbocycles. The Balaban J connectivity index is 1.62. The number of furan rings is 1. The van der Waals surface area contributed by atoms with E-state index in [9.17, 15) is 17.6 Å². The van der Waals surface area contributed by atoms with Crippen LogP contribution in [0.2, 0.25) is 0 Å². The number of halogens is 1. The first kappa shape index (κ1) is 18.6. The van der Waals surface area contributed by atoms with Crippen LogP contribution in [-0.4, -0.2) is 44.1 Å². The van der Waals surface area contributed by atoms with Crippen LogP contribution in [0.3, 0.4) is 0 Å². The fraction of sp³-hybridized carbons (Fsp3) is 0.389. The van der Waals surface area contributed by atoms with E-state index in [1.807, 2.05) is 0 Å². The summed E-state index contributed by atoms with van der Waals surface area (Å²) >= 11 is 0. The van der Waals surface area contributed by atoms with Crippen LogP contribution >= 0.6 is 0 Å². The fourth-order valence-corrected chi connectivity index (χ4v) is 3.83. The maximum atomic E-state index is 13.0. The van der Waals surface area contributed by atoms with Gasteiger partial charge in [0.25, 0.3) is 5.91 Å². The molecule has 26 heavy (non-hydrogen) atoms. The maximum absolute atomic E-state index is 13.0. The van der Waals surface area contributed by atoms with Gasteiger partial charge in [-0.3, -0.25) is 4.79 Å². The molecule has 1 saturated heterocycles. The van der Waals surface area contributed by atoms with Crippen molar-refractivity contribution in [2.75, 3.05) is 18.8 Å². The summed E-state index contributed by atoms with van der Waals surface area (Å²) in [5.41, 5.74) is 0.693. The Labute approximate surface area is 152 Å². The maximum Gasteiger partial charge on any atom is 0.289 e. The van der Waals surface area contributed by atoms with Crippen molar-refractivity contribution in [1.29, 1.82) is 0 Å². The Morgan fingerprint density at radius 3 is 2.46 bits per heavy atom. The lowest BCUT2D eigenvalue weighted by atomic mass is 10.1. The molecule has 3 rings (SSSR count). The monoisotopic (exact) mass is 380 g/mol. The molecule has 1 aliphatic rings. The highest BCUT2D eigenvalue weighted by Crippen LogP contribution is 2.24. The Morgan fingerprint density at radius 2 is 1.85 bits per heavy atom. The first-order chi connectivity index (χ1) is 12.4. The number of nitrogens with zero attached hydrogens (tertiary/aromatic N) is 1. The van der Waals surface area contributed by atoms with E-state index in [-0.39, 0.29) is 29.3 Å². The summed E-state index contributed by atoms with van der Waals surface area (Å²) in [6.45, 7) is 2.52. The number of rotatable bonds is 5. The zero-order valence-electron chi connectivity index (χ0n) is 14.4. The SMILES string of the molecule is CCS(=O)(=O)NC1CCN(C(=O)c2ccc(-c3ccc(F)cc3)o2)CC1. The quantitative estimate of drug-likeness (QED) is 0.865. The number of benzene rings is 1. The van der Waals surface area contributed by atoms with Crippen LogP contribution in [0.25, 0.3) is 11.3 Å². The van der Waals surface area contributed by atoms with Crippen LogP contribution < -0.4 is 4.72 Å². The molecule has 0 aliphatic carbocycles. The molecular weight excluding hydrogens is 359 g/mol. The predicted octanol–water partition coefficient (Wildman–Crippen LogP) is 2.63. The van der Waals surface area contributed by atoms with Crippen molar-refractivity contribution < 1.29 is 22.0 Å². The molecule has 0 radical (unpaired) electrons. The highest BCUT2D eigenvalue weighted by atomic mass is 32.2. The van der Waals surface area contributed by atoms with Crippen LogP contribution in [0.5, 0.6) is 0 Å². The number of nitrogens with one attached hydrogen (secondary N) is 1. The van der Waals surface area contributed by atoms with E-state index < -0.39 is 10.0 Å². The van der Waals surface area contributed by atoms with E-state index in [1.165, 1.54) is 12.1 Å². The molecule has 2 aromatic rings. The highest BCUT2D eigenvalue weighted by Gasteiger charge is 2.27. The molecular formula is C18H21FN2O4S. The van der Waals surface area contributed by atoms with E-state index in [4.69, 9.17) is 4.42 Å². The van der Waals surface area contributed by atoms with Crippen molar-refractivity contribution in [2.45, 2.75) is 25.8 Å². The largest absolute Gasteiger partial charge is 0.451 e. The average molecular weight is 380 g/mol. The minimum absolute atomic E-state index is 0.0463. The third-order valence-electron chi connectivity index (χ3n) is 4.45. The van der Waals surface area contributed by atoms with Crippen molar-refractivity contribution in [3.8, 4) is 11.3 Å². The van der Waals surface area contributed by atoms with Gasteiger partial charge in [-0.1, -0.05) is 0 Å². The van der Waals surface area contributed by atoms with Crippen molar-refractivity contribution in [3.63, 3.8) is 0 Å². The summed E-state index contributed by atoms with van der Waals surface area (Å²) in [6.07, 6.45) is 1.13. The number of piperidine rings is 1. The zero-order valence-corrected chi connectivity index (χ0v) is 15.3. The van der Waals surface area contributed by atoms with Crippen LogP contribution in [-0.2, 0) is 10.0 Å². The fourth-order valence-electron chi connectivity index (χ4n) is 2.92. The topological polar surface area (TPSA) is 79.6 Å². The first-order valence-electron chi connectivity index (χ1n) is 8.53. The second-order valence-electron chi connectivity index (χ2n) is 6.26. The minimum Gasteiger partial charge on any atom is -0.451 e. The highest BCUT2D eigenvalue weighted by molar-refractivity contribution is 7.89. The molecule has 1 aromatic heterocycles. The van der Waals surface area contributed by atoms with Gasteiger partial charge in [-0.25, -0.2) is 17.5 Å². The van der Waals surface area contributed by atoms with Gasteiger partial charge in [-0.15, -0.1) is 0 Å². The lowest BCUT2D eigenvalue weighted by Crippen LogP contribution is -2.46. The van der Waals surface area contributed by atoms with Gasteiger partial charge in [0.1, 0.15) is 11.6 Å². The molecule has 0 bridgehead atoms. The van der Waals surface area contributed by atoms with Gasteiger partial charge >= 0.3 is 0 Å². The van der Waals surface area contributed by atoms with E-state index in [1.54, 1.807) is 36.1 Å². The number of amides is 1. The molecule has 2 heterocycles. The summed E-state index contributed by atoms with van der Waals surface area (Å²) in [4.78, 5) is 14.2. The van der Waals surface area contributed by atoms with E-state index in [0.29, 0.717) is 37.3 Å². The van der Waals surface area contributed by atoms with Crippen LogP contribution in [0.4, 0.5) is 4.39 Å². The van der Waals surface area contributed by atoms with Crippen molar-refractivity contribution in [3.05, 3.63) is 48.0 Å². The van der Waals surface area contributed by atoms with Crippen molar-refractivity contribution in [2.24, 2.45) is 0 Å². The molecule has 1 N–H and O–H groups in total. The number of likely N-dealkylation sites (tertiary alicyclic amines) is 1. The molecule has 1 amide bonds. The molecule has 0 unspecified atom stereocenters. The predicted molar refractivity (Wildman–Crippen MR) is 95.6 cm³/mol. The van der Waals surface area contributed by atoms with E-state index in [0.717, 1.165) is 0 Å². The van der Waals surface area contributed by atoms with E-state index >= 15 is 0 Å². The van der Waals surface area contributed by atoms with Gasteiger partial charge in [0.15, 0.2) is 5.76 Å². The number of sulfonamides is 1. The second-order valence-corrected chi connectivity index (χ2v) is 8.30. The Morgan fingerprint density at radius 1 is 1.19 bits per heavy atom. The standard InChI is InChI=1S/C18H21FN2O4S/c1-2-26(23,24)20-15-9-11-21(12-10-15)18(22)17-8-7-16(25-17)13-3-5-14(19)6-4-13/h3-8,15,20H,2,9-12H2,1H3. The molecule has 1 aliphatic heterocycles. The Kier molecular flexibility index (Phi) is 5.43.